The van der Waals surface area contributed by atoms with Crippen molar-refractivity contribution < 1.29 is 4.74 Å². The summed E-state index contributed by atoms with van der Waals surface area (Å²) in [4.78, 5) is 17.2. The minimum absolute atomic E-state index is 0.490. The zero-order valence-corrected chi connectivity index (χ0v) is 19.2. The maximum Gasteiger partial charge on any atom is 0.161 e. The second kappa shape index (κ2) is 8.57. The van der Waals surface area contributed by atoms with Gasteiger partial charge in [-0.05, 0) is 61.2 Å². The number of allylic oxidation sites excluding steroid dienone is 2. The molecule has 1 aliphatic heterocycles. The smallest absolute Gasteiger partial charge is 0.161 e. The van der Waals surface area contributed by atoms with Crippen molar-refractivity contribution in [3.63, 3.8) is 0 Å². The van der Waals surface area contributed by atoms with E-state index in [0.717, 1.165) is 55.9 Å². The first-order valence-corrected chi connectivity index (χ1v) is 11.4. The predicted molar refractivity (Wildman–Crippen MR) is 139 cm³/mol. The van der Waals surface area contributed by atoms with Crippen molar-refractivity contribution in [2.45, 2.75) is 6.92 Å². The predicted octanol–water partition coefficient (Wildman–Crippen LogP) is 5.10. The number of nitrogens with one attached hydrogen (secondary N) is 3. The number of para-hydroxylation sites is 1. The first-order chi connectivity index (χ1) is 17.2. The highest BCUT2D eigenvalue weighted by Crippen LogP contribution is 2.32. The minimum Gasteiger partial charge on any atom is -0.492 e. The lowest BCUT2D eigenvalue weighted by Gasteiger charge is -2.11. The fraction of sp³-hybridized carbons (Fsp3) is 0.111. The summed E-state index contributed by atoms with van der Waals surface area (Å²) >= 11 is 0. The Morgan fingerprint density at radius 2 is 1.94 bits per heavy atom. The first kappa shape index (κ1) is 20.9. The lowest BCUT2D eigenvalue weighted by Crippen LogP contribution is -2.20. The minimum atomic E-state index is 0.490. The average Bonchev–Trinajstić information content (AvgIpc) is 3.49. The topological polar surface area (TPSA) is 104 Å². The SMILES string of the molecule is C=N/C=C1\C=C(/C)c2ccc3[nH]nc(c3n2)-c2nc3c(cccc3[nH]2)-c2cccc(c2)OCCN1. The van der Waals surface area contributed by atoms with Crippen LogP contribution in [0.1, 0.15) is 12.6 Å². The summed E-state index contributed by atoms with van der Waals surface area (Å²) < 4.78 is 6.03. The van der Waals surface area contributed by atoms with Gasteiger partial charge in [-0.15, -0.1) is 0 Å². The van der Waals surface area contributed by atoms with E-state index >= 15 is 0 Å². The van der Waals surface area contributed by atoms with Gasteiger partial charge >= 0.3 is 0 Å². The Morgan fingerprint density at radius 3 is 2.86 bits per heavy atom. The molecule has 0 amide bonds. The number of imidazole rings is 1. The molecule has 6 rings (SSSR count). The molecule has 0 atom stereocenters. The largest absolute Gasteiger partial charge is 0.492 e. The molecule has 6 bridgehead atoms. The van der Waals surface area contributed by atoms with Crippen LogP contribution in [0, 0.1) is 0 Å². The molecule has 0 spiro atoms. The highest BCUT2D eigenvalue weighted by Gasteiger charge is 2.17. The van der Waals surface area contributed by atoms with Gasteiger partial charge in [0.15, 0.2) is 11.5 Å². The molecular weight excluding hydrogens is 438 g/mol. The third-order valence-electron chi connectivity index (χ3n) is 6.00. The highest BCUT2D eigenvalue weighted by atomic mass is 16.5. The number of aromatic amines is 2. The van der Waals surface area contributed by atoms with Crippen LogP contribution in [0.25, 0.3) is 50.3 Å². The summed E-state index contributed by atoms with van der Waals surface area (Å²) in [5.41, 5.74) is 8.77. The number of aliphatic imine (C=N–C) groups is 1. The van der Waals surface area contributed by atoms with Gasteiger partial charge in [0, 0.05) is 18.3 Å². The van der Waals surface area contributed by atoms with Crippen LogP contribution in [0.15, 0.2) is 77.6 Å². The second-order valence-corrected chi connectivity index (χ2v) is 8.35. The van der Waals surface area contributed by atoms with Gasteiger partial charge in [-0.1, -0.05) is 24.3 Å². The Balaban J connectivity index is 1.57. The van der Waals surface area contributed by atoms with Crippen LogP contribution in [-0.4, -0.2) is 45.0 Å². The van der Waals surface area contributed by atoms with Crippen LogP contribution < -0.4 is 10.1 Å². The van der Waals surface area contributed by atoms with Gasteiger partial charge in [0.2, 0.25) is 0 Å². The molecule has 5 aromatic rings. The van der Waals surface area contributed by atoms with Gasteiger partial charge in [0.05, 0.1) is 27.9 Å². The summed E-state index contributed by atoms with van der Waals surface area (Å²) in [6, 6.07) is 18.1. The van der Waals surface area contributed by atoms with Crippen molar-refractivity contribution in [1.82, 2.24) is 30.5 Å². The monoisotopic (exact) mass is 461 g/mol. The fourth-order valence-electron chi connectivity index (χ4n) is 4.32. The van der Waals surface area contributed by atoms with E-state index in [1.54, 1.807) is 6.20 Å². The van der Waals surface area contributed by atoms with E-state index in [2.05, 4.69) is 44.3 Å². The molecular formula is C27H23N7O. The van der Waals surface area contributed by atoms with E-state index < -0.39 is 0 Å². The highest BCUT2D eigenvalue weighted by molar-refractivity contribution is 5.96. The second-order valence-electron chi connectivity index (χ2n) is 8.35. The molecule has 35 heavy (non-hydrogen) atoms. The number of pyridine rings is 1. The molecule has 0 saturated heterocycles. The Morgan fingerprint density at radius 1 is 1.03 bits per heavy atom. The zero-order valence-electron chi connectivity index (χ0n) is 19.2. The molecule has 2 aromatic carbocycles. The number of fused-ring (bicyclic) bond motifs is 6. The zero-order chi connectivity index (χ0) is 23.8. The number of hydrogen-bond donors (Lipinski definition) is 3. The van der Waals surface area contributed by atoms with Crippen LogP contribution in [0.5, 0.6) is 5.75 Å². The van der Waals surface area contributed by atoms with Gasteiger partial charge in [0.1, 0.15) is 17.9 Å². The van der Waals surface area contributed by atoms with E-state index in [0.29, 0.717) is 24.7 Å². The lowest BCUT2D eigenvalue weighted by molar-refractivity contribution is 0.319. The summed E-state index contributed by atoms with van der Waals surface area (Å²) in [6.07, 6.45) is 3.69. The summed E-state index contributed by atoms with van der Waals surface area (Å²) in [6.45, 7) is 6.70. The van der Waals surface area contributed by atoms with Gasteiger partial charge in [-0.25, -0.2) is 9.97 Å². The van der Waals surface area contributed by atoms with E-state index in [4.69, 9.17) is 14.7 Å². The number of aromatic nitrogens is 5. The van der Waals surface area contributed by atoms with E-state index in [-0.39, 0.29) is 0 Å². The summed E-state index contributed by atoms with van der Waals surface area (Å²) in [5, 5.41) is 11.0. The standard InChI is InChI=1S/C27H23N7O/c1-16-13-18(15-28-2)29-11-12-35-19-6-3-5-17(14-19)20-7-4-8-22-24(20)32-27(31-22)26-25-23(33-34-26)10-9-21(16)30-25/h3-10,13-15,29H,2,11-12H2,1H3,(H,31,32)(H,33,34)/b16-13+,18-15+. The molecule has 8 nitrogen and oxygen atoms in total. The van der Waals surface area contributed by atoms with Gasteiger partial charge in [-0.2, -0.15) is 5.10 Å². The van der Waals surface area contributed by atoms with Crippen molar-refractivity contribution in [1.29, 1.82) is 0 Å². The average molecular weight is 462 g/mol. The Bertz CT molecular complexity index is 1640. The Kier molecular flexibility index (Phi) is 5.11. The van der Waals surface area contributed by atoms with Crippen molar-refractivity contribution in [3.8, 4) is 28.4 Å². The molecule has 172 valence electrons. The third-order valence-corrected chi connectivity index (χ3v) is 6.00. The maximum atomic E-state index is 6.03. The van der Waals surface area contributed by atoms with Crippen molar-refractivity contribution in [2.75, 3.05) is 13.2 Å². The number of hydrogen-bond acceptors (Lipinski definition) is 6. The van der Waals surface area contributed by atoms with Crippen LogP contribution in [0.3, 0.4) is 0 Å². The van der Waals surface area contributed by atoms with Crippen LogP contribution in [0.2, 0.25) is 0 Å². The number of nitrogens with zero attached hydrogens (tertiary/aromatic N) is 4. The van der Waals surface area contributed by atoms with Crippen LogP contribution in [0.4, 0.5) is 0 Å². The summed E-state index contributed by atoms with van der Waals surface area (Å²) in [5.74, 6) is 1.46. The first-order valence-electron chi connectivity index (χ1n) is 11.4. The molecule has 0 radical (unpaired) electrons. The molecule has 0 saturated carbocycles. The normalized spacial score (nSPS) is 16.5. The van der Waals surface area contributed by atoms with Gasteiger partial charge in [-0.3, -0.25) is 10.1 Å². The molecule has 4 heterocycles. The fourth-order valence-corrected chi connectivity index (χ4v) is 4.32. The van der Waals surface area contributed by atoms with E-state index in [9.17, 15) is 0 Å². The third kappa shape index (κ3) is 3.85. The maximum absolute atomic E-state index is 6.03. The summed E-state index contributed by atoms with van der Waals surface area (Å²) in [7, 11) is 0. The number of ether oxygens (including phenoxy) is 1. The van der Waals surface area contributed by atoms with E-state index in [1.165, 1.54) is 0 Å². The molecule has 0 unspecified atom stereocenters. The number of benzene rings is 2. The molecule has 3 N–H and O–H groups in total. The lowest BCUT2D eigenvalue weighted by atomic mass is 10.0. The van der Waals surface area contributed by atoms with E-state index in [1.807, 2.05) is 55.5 Å². The van der Waals surface area contributed by atoms with Crippen molar-refractivity contribution >= 4 is 34.4 Å². The van der Waals surface area contributed by atoms with Crippen molar-refractivity contribution in [3.05, 3.63) is 78.3 Å². The molecule has 0 aliphatic carbocycles. The quantitative estimate of drug-likeness (QED) is 0.302. The molecule has 3 aromatic heterocycles. The Labute approximate surface area is 201 Å². The van der Waals surface area contributed by atoms with Crippen LogP contribution >= 0.6 is 0 Å². The molecule has 0 fully saturated rings. The van der Waals surface area contributed by atoms with Gasteiger partial charge < -0.3 is 15.0 Å². The van der Waals surface area contributed by atoms with Crippen molar-refractivity contribution in [2.24, 2.45) is 4.99 Å². The number of H-pyrrole nitrogens is 2. The molecule has 1 aliphatic rings. The molecule has 8 heteroatoms. The Hall–Kier alpha value is -4.72. The number of rotatable bonds is 1. The van der Waals surface area contributed by atoms with Gasteiger partial charge in [0.25, 0.3) is 0 Å². The van der Waals surface area contributed by atoms with Crippen LogP contribution in [-0.2, 0) is 0 Å².